The Morgan fingerprint density at radius 2 is 1.58 bits per heavy atom. The number of amides is 2. The van der Waals surface area contributed by atoms with Crippen LogP contribution >= 0.6 is 34.8 Å². The molecular formula is C23H18Cl3N3O4. The van der Waals surface area contributed by atoms with Gasteiger partial charge in [0.05, 0.1) is 13.3 Å². The standard InChI is InChI=1S/C23H18Cl3N3O4/c1-32-21-8-15(4-7-20(21)33-13-14-2-5-16(24)6-3-14)12-27-29-23(31)22(30)28-19-10-17(25)9-18(26)11-19/h2-12H,13H2,1H3,(H,28,30)(H,29,31)/b27-12+. The van der Waals surface area contributed by atoms with Crippen LogP contribution in [0.2, 0.25) is 15.1 Å². The van der Waals surface area contributed by atoms with Gasteiger partial charge in [-0.3, -0.25) is 9.59 Å². The number of carbonyl (C=O) groups is 2. The lowest BCUT2D eigenvalue weighted by molar-refractivity contribution is -0.136. The summed E-state index contributed by atoms with van der Waals surface area (Å²) in [5.74, 6) is -0.866. The number of carbonyl (C=O) groups excluding carboxylic acids is 2. The van der Waals surface area contributed by atoms with Crippen LogP contribution in [-0.4, -0.2) is 25.1 Å². The fourth-order valence-electron chi connectivity index (χ4n) is 2.66. The topological polar surface area (TPSA) is 89.0 Å². The highest BCUT2D eigenvalue weighted by Gasteiger charge is 2.13. The van der Waals surface area contributed by atoms with E-state index in [2.05, 4.69) is 15.8 Å². The summed E-state index contributed by atoms with van der Waals surface area (Å²) in [6.45, 7) is 0.337. The number of benzene rings is 3. The largest absolute Gasteiger partial charge is 0.493 e. The number of methoxy groups -OCH3 is 1. The van der Waals surface area contributed by atoms with Crippen molar-refractivity contribution in [1.29, 1.82) is 0 Å². The van der Waals surface area contributed by atoms with Crippen LogP contribution in [0.5, 0.6) is 11.5 Å². The molecule has 0 spiro atoms. The molecule has 170 valence electrons. The minimum atomic E-state index is -0.961. The second-order valence-electron chi connectivity index (χ2n) is 6.64. The van der Waals surface area contributed by atoms with Crippen molar-refractivity contribution in [2.45, 2.75) is 6.61 Å². The molecule has 3 aromatic carbocycles. The third kappa shape index (κ3) is 7.39. The first-order valence-electron chi connectivity index (χ1n) is 9.50. The zero-order valence-corrected chi connectivity index (χ0v) is 19.5. The number of anilines is 1. The first-order chi connectivity index (χ1) is 15.8. The van der Waals surface area contributed by atoms with E-state index in [4.69, 9.17) is 44.3 Å². The van der Waals surface area contributed by atoms with Crippen molar-refractivity contribution < 1.29 is 19.1 Å². The number of halogens is 3. The highest BCUT2D eigenvalue weighted by atomic mass is 35.5. The molecule has 10 heteroatoms. The summed E-state index contributed by atoms with van der Waals surface area (Å²) in [5, 5.41) is 7.49. The Bertz CT molecular complexity index is 1160. The molecule has 0 saturated carbocycles. The van der Waals surface area contributed by atoms with Gasteiger partial charge in [0.2, 0.25) is 0 Å². The van der Waals surface area contributed by atoms with Crippen molar-refractivity contribution in [3.05, 3.63) is 86.9 Å². The second kappa shape index (κ2) is 11.6. The number of nitrogens with zero attached hydrogens (tertiary/aromatic N) is 1. The minimum Gasteiger partial charge on any atom is -0.493 e. The summed E-state index contributed by atoms with van der Waals surface area (Å²) in [5.41, 5.74) is 4.01. The molecule has 33 heavy (non-hydrogen) atoms. The first kappa shape index (κ1) is 24.4. The van der Waals surface area contributed by atoms with Crippen LogP contribution in [0.4, 0.5) is 5.69 Å². The molecule has 3 rings (SSSR count). The predicted octanol–water partition coefficient (Wildman–Crippen LogP) is 5.32. The first-order valence-corrected chi connectivity index (χ1v) is 10.6. The highest BCUT2D eigenvalue weighted by Crippen LogP contribution is 2.28. The fraction of sp³-hybridized carbons (Fsp3) is 0.0870. The van der Waals surface area contributed by atoms with Crippen molar-refractivity contribution in [2.75, 3.05) is 12.4 Å². The molecule has 0 aromatic heterocycles. The SMILES string of the molecule is COc1cc(/C=N/NC(=O)C(=O)Nc2cc(Cl)cc(Cl)c2)ccc1OCc1ccc(Cl)cc1. The van der Waals surface area contributed by atoms with Crippen molar-refractivity contribution in [3.8, 4) is 11.5 Å². The molecule has 0 bridgehead atoms. The molecule has 7 nitrogen and oxygen atoms in total. The smallest absolute Gasteiger partial charge is 0.329 e. The normalized spacial score (nSPS) is 10.7. The Kier molecular flexibility index (Phi) is 8.54. The van der Waals surface area contributed by atoms with E-state index in [-0.39, 0.29) is 5.69 Å². The van der Waals surface area contributed by atoms with E-state index < -0.39 is 11.8 Å². The van der Waals surface area contributed by atoms with E-state index in [1.165, 1.54) is 31.5 Å². The quantitative estimate of drug-likeness (QED) is 0.258. The molecule has 2 N–H and O–H groups in total. The Hall–Kier alpha value is -3.26. The van der Waals surface area contributed by atoms with Gasteiger partial charge in [0.15, 0.2) is 11.5 Å². The average Bonchev–Trinajstić information content (AvgIpc) is 2.78. The van der Waals surface area contributed by atoms with Gasteiger partial charge in [0, 0.05) is 20.8 Å². The van der Waals surface area contributed by atoms with Gasteiger partial charge in [-0.2, -0.15) is 5.10 Å². The number of hydrazone groups is 1. The lowest BCUT2D eigenvalue weighted by Gasteiger charge is -2.11. The number of rotatable bonds is 7. The van der Waals surface area contributed by atoms with Crippen molar-refractivity contribution in [1.82, 2.24) is 5.43 Å². The van der Waals surface area contributed by atoms with Crippen LogP contribution in [-0.2, 0) is 16.2 Å². The molecule has 0 aliphatic rings. The number of hydrogen-bond donors (Lipinski definition) is 2. The minimum absolute atomic E-state index is 0.288. The van der Waals surface area contributed by atoms with Gasteiger partial charge in [-0.1, -0.05) is 46.9 Å². The van der Waals surface area contributed by atoms with Gasteiger partial charge in [0.1, 0.15) is 6.61 Å². The average molecular weight is 507 g/mol. The molecule has 0 aliphatic carbocycles. The Morgan fingerprint density at radius 3 is 2.24 bits per heavy atom. The third-order valence-corrected chi connectivity index (χ3v) is 4.89. The maximum atomic E-state index is 12.0. The molecule has 0 radical (unpaired) electrons. The zero-order valence-electron chi connectivity index (χ0n) is 17.3. The van der Waals surface area contributed by atoms with Gasteiger partial charge in [-0.15, -0.1) is 0 Å². The number of nitrogens with one attached hydrogen (secondary N) is 2. The van der Waals surface area contributed by atoms with Crippen molar-refractivity contribution in [2.24, 2.45) is 5.10 Å². The lowest BCUT2D eigenvalue weighted by atomic mass is 10.2. The molecular weight excluding hydrogens is 489 g/mol. The van der Waals surface area contributed by atoms with E-state index in [1.807, 2.05) is 12.1 Å². The number of ether oxygens (including phenoxy) is 2. The molecule has 0 heterocycles. The van der Waals surface area contributed by atoms with E-state index in [9.17, 15) is 9.59 Å². The van der Waals surface area contributed by atoms with Crippen molar-refractivity contribution >= 4 is 58.5 Å². The van der Waals surface area contributed by atoms with E-state index >= 15 is 0 Å². The van der Waals surface area contributed by atoms with Crippen LogP contribution in [0.15, 0.2) is 65.8 Å². The van der Waals surface area contributed by atoms with Crippen molar-refractivity contribution in [3.63, 3.8) is 0 Å². The van der Waals surface area contributed by atoms with E-state index in [1.54, 1.807) is 30.3 Å². The molecule has 0 atom stereocenters. The summed E-state index contributed by atoms with van der Waals surface area (Å²) in [4.78, 5) is 24.0. The predicted molar refractivity (Wildman–Crippen MR) is 130 cm³/mol. The second-order valence-corrected chi connectivity index (χ2v) is 7.95. The summed E-state index contributed by atoms with van der Waals surface area (Å²) >= 11 is 17.6. The van der Waals surface area contributed by atoms with Crippen LogP contribution in [0.1, 0.15) is 11.1 Å². The molecule has 3 aromatic rings. The molecule has 0 aliphatic heterocycles. The summed E-state index contributed by atoms with van der Waals surface area (Å²) in [7, 11) is 1.51. The third-order valence-electron chi connectivity index (χ3n) is 4.20. The molecule has 0 saturated heterocycles. The van der Waals surface area contributed by atoms with Gasteiger partial charge in [-0.05, 0) is 59.7 Å². The van der Waals surface area contributed by atoms with Gasteiger partial charge < -0.3 is 14.8 Å². The molecule has 0 fully saturated rings. The van der Waals surface area contributed by atoms with E-state index in [0.717, 1.165) is 5.56 Å². The maximum absolute atomic E-state index is 12.0. The van der Waals surface area contributed by atoms with Gasteiger partial charge >= 0.3 is 11.8 Å². The summed E-state index contributed by atoms with van der Waals surface area (Å²) < 4.78 is 11.2. The van der Waals surface area contributed by atoms with Crippen LogP contribution < -0.4 is 20.2 Å². The van der Waals surface area contributed by atoms with Gasteiger partial charge in [0.25, 0.3) is 0 Å². The number of hydrogen-bond acceptors (Lipinski definition) is 5. The molecule has 2 amide bonds. The van der Waals surface area contributed by atoms with Gasteiger partial charge in [-0.25, -0.2) is 5.43 Å². The maximum Gasteiger partial charge on any atom is 0.329 e. The lowest BCUT2D eigenvalue weighted by Crippen LogP contribution is -2.32. The molecule has 0 unspecified atom stereocenters. The highest BCUT2D eigenvalue weighted by molar-refractivity contribution is 6.40. The Balaban J connectivity index is 1.57. The van der Waals surface area contributed by atoms with Crippen LogP contribution in [0.25, 0.3) is 0 Å². The zero-order chi connectivity index (χ0) is 23.8. The Labute approximate surface area is 205 Å². The van der Waals surface area contributed by atoms with Crippen LogP contribution in [0, 0.1) is 0 Å². The monoisotopic (exact) mass is 505 g/mol. The van der Waals surface area contributed by atoms with Crippen LogP contribution in [0.3, 0.4) is 0 Å². The fourth-order valence-corrected chi connectivity index (χ4v) is 3.31. The summed E-state index contributed by atoms with van der Waals surface area (Å²) in [6, 6.07) is 16.9. The summed E-state index contributed by atoms with van der Waals surface area (Å²) in [6.07, 6.45) is 1.37. The van der Waals surface area contributed by atoms with E-state index in [0.29, 0.717) is 38.7 Å². The Morgan fingerprint density at radius 1 is 0.879 bits per heavy atom.